The summed E-state index contributed by atoms with van der Waals surface area (Å²) < 4.78 is 33.0. The molecule has 2 unspecified atom stereocenters. The van der Waals surface area contributed by atoms with Crippen LogP contribution >= 0.6 is 0 Å². The highest BCUT2D eigenvalue weighted by molar-refractivity contribution is 8.30. The van der Waals surface area contributed by atoms with Gasteiger partial charge >= 0.3 is 0 Å². The molecule has 0 aliphatic carbocycles. The summed E-state index contributed by atoms with van der Waals surface area (Å²) in [5, 5.41) is 27.5. The summed E-state index contributed by atoms with van der Waals surface area (Å²) in [4.78, 5) is 25.9. The van der Waals surface area contributed by atoms with Crippen LogP contribution in [0.3, 0.4) is 0 Å². The molecular weight excluding hydrogens is 625 g/mol. The van der Waals surface area contributed by atoms with Crippen LogP contribution in [0.5, 0.6) is 0 Å². The molecule has 0 fully saturated rings. The summed E-state index contributed by atoms with van der Waals surface area (Å²) in [6.07, 6.45) is 0. The Morgan fingerprint density at radius 3 is 1.55 bits per heavy atom. The minimum atomic E-state index is -3.61. The molecule has 0 saturated carbocycles. The molecule has 0 aliphatic rings. The lowest BCUT2D eigenvalue weighted by Gasteiger charge is -2.11. The first kappa shape index (κ1) is 29.5. The van der Waals surface area contributed by atoms with Gasteiger partial charge in [0.15, 0.2) is 5.36 Å². The first-order chi connectivity index (χ1) is 20.1. The van der Waals surface area contributed by atoms with Crippen molar-refractivity contribution < 1.29 is 27.6 Å². The topological polar surface area (TPSA) is 176 Å². The molecule has 214 valence electrons. The summed E-state index contributed by atoms with van der Waals surface area (Å²) >= 11 is 9.74. The van der Waals surface area contributed by atoms with E-state index in [9.17, 15) is 18.0 Å². The van der Waals surface area contributed by atoms with Crippen molar-refractivity contribution in [2.75, 3.05) is 10.9 Å². The Morgan fingerprint density at radius 1 is 0.619 bits per heavy atom. The van der Waals surface area contributed by atoms with E-state index in [1.165, 1.54) is 30.3 Å². The van der Waals surface area contributed by atoms with Gasteiger partial charge in [-0.1, -0.05) is 48.5 Å². The normalized spacial score (nSPS) is 15.4. The van der Waals surface area contributed by atoms with Crippen molar-refractivity contribution in [3.05, 3.63) is 116 Å². The molecule has 5 aromatic carbocycles. The fourth-order valence-corrected chi connectivity index (χ4v) is 6.62. The molecule has 2 atom stereocenters. The molecule has 0 bridgehead atoms. The monoisotopic (exact) mass is 642 g/mol. The Bertz CT molecular complexity index is 2320. The molecule has 12 nitrogen and oxygen atoms in total. The van der Waals surface area contributed by atoms with E-state index in [0.29, 0.717) is 32.9 Å². The second kappa shape index (κ2) is 11.7. The van der Waals surface area contributed by atoms with Crippen LogP contribution in [-0.4, -0.2) is 18.9 Å². The van der Waals surface area contributed by atoms with E-state index in [-0.39, 0.29) is 15.1 Å². The lowest BCUT2D eigenvalue weighted by Crippen LogP contribution is -2.47. The van der Waals surface area contributed by atoms with E-state index in [4.69, 9.17) is 32.9 Å². The number of rotatable bonds is 8. The van der Waals surface area contributed by atoms with Crippen molar-refractivity contribution in [2.45, 2.75) is 9.79 Å². The van der Waals surface area contributed by atoms with Gasteiger partial charge < -0.3 is 0 Å². The van der Waals surface area contributed by atoms with Gasteiger partial charge in [0.2, 0.25) is 28.4 Å². The first-order valence-electron chi connectivity index (χ1n) is 11.7. The molecule has 0 amide bonds. The van der Waals surface area contributed by atoms with Gasteiger partial charge in [0.25, 0.3) is 0 Å². The Morgan fingerprint density at radius 2 is 1.07 bits per heavy atom. The summed E-state index contributed by atoms with van der Waals surface area (Å²) in [7, 11) is -7.20. The van der Waals surface area contributed by atoms with Gasteiger partial charge in [0, 0.05) is 43.9 Å². The molecule has 5 rings (SSSR count). The Balaban J connectivity index is 1.55. The van der Waals surface area contributed by atoms with Gasteiger partial charge in [-0.3, -0.25) is 20.4 Å². The third kappa shape index (κ3) is 5.57. The zero-order valence-corrected chi connectivity index (χ0v) is 24.2. The molecule has 16 heteroatoms. The Kier molecular flexibility index (Phi) is 8.22. The Labute approximate surface area is 246 Å². The standard InChI is InChI=1S/C26H18N4O8S4/c31-22-12-9-21(29-27-19-10-13-23(41(35,39)37-33)17-7-3-1-5-15(17)19)26(32)25(22)30-28-20-11-14-24(42(36,40)38-34)18-8-4-2-6-16(18)20/h1-14,27-28,33-34H. The van der Waals surface area contributed by atoms with Gasteiger partial charge in [-0.15, -0.1) is 8.67 Å². The maximum Gasteiger partial charge on any atom is 0.237 e. The summed E-state index contributed by atoms with van der Waals surface area (Å²) in [5.74, 6) is 0. The van der Waals surface area contributed by atoms with Crippen molar-refractivity contribution in [2.24, 2.45) is 10.2 Å². The van der Waals surface area contributed by atoms with E-state index in [2.05, 4.69) is 29.7 Å². The molecule has 5 aromatic rings. The van der Waals surface area contributed by atoms with Crippen molar-refractivity contribution in [3.8, 4) is 0 Å². The second-order valence-corrected chi connectivity index (χ2v) is 14.2. The summed E-state index contributed by atoms with van der Waals surface area (Å²) in [6, 6.07) is 21.5. The highest BCUT2D eigenvalue weighted by atomic mass is 32.8. The van der Waals surface area contributed by atoms with Gasteiger partial charge in [-0.25, -0.2) is 18.9 Å². The number of nitrogens with one attached hydrogen (secondary N) is 2. The van der Waals surface area contributed by atoms with Gasteiger partial charge in [-0.05, 0) is 36.4 Å². The number of anilines is 2. The summed E-state index contributed by atoms with van der Waals surface area (Å²) in [6.45, 7) is 0. The van der Waals surface area contributed by atoms with Crippen molar-refractivity contribution in [1.29, 1.82) is 0 Å². The lowest BCUT2D eigenvalue weighted by atomic mass is 10.1. The largest absolute Gasteiger partial charge is 0.287 e. The predicted octanol–water partition coefficient (Wildman–Crippen LogP) is 2.46. The first-order valence-corrected chi connectivity index (χ1v) is 16.5. The van der Waals surface area contributed by atoms with Crippen LogP contribution in [0.4, 0.5) is 11.4 Å². The van der Waals surface area contributed by atoms with Crippen LogP contribution in [0.15, 0.2) is 115 Å². The summed E-state index contributed by atoms with van der Waals surface area (Å²) in [5.41, 5.74) is 4.81. The zero-order valence-electron chi connectivity index (χ0n) is 21.0. The van der Waals surface area contributed by atoms with E-state index in [0.717, 1.165) is 6.07 Å². The van der Waals surface area contributed by atoms with E-state index >= 15 is 0 Å². The third-order valence-electron chi connectivity index (χ3n) is 6.16. The van der Waals surface area contributed by atoms with Crippen LogP contribution in [0.2, 0.25) is 0 Å². The van der Waals surface area contributed by atoms with Crippen LogP contribution < -0.4 is 32.4 Å². The highest BCUT2D eigenvalue weighted by Crippen LogP contribution is 2.31. The molecule has 0 heterocycles. The minimum absolute atomic E-state index is 0.0709. The van der Waals surface area contributed by atoms with E-state index < -0.39 is 33.8 Å². The van der Waals surface area contributed by atoms with Gasteiger partial charge in [0.05, 0.1) is 21.2 Å². The quantitative estimate of drug-likeness (QED) is 0.144. The fraction of sp³-hybridized carbons (Fsp3) is 0. The average molecular weight is 643 g/mol. The molecule has 0 radical (unpaired) electrons. The molecule has 0 saturated heterocycles. The smallest absolute Gasteiger partial charge is 0.237 e. The molecular formula is C26H18N4O8S4. The molecule has 0 spiro atoms. The predicted molar refractivity (Wildman–Crippen MR) is 163 cm³/mol. The molecule has 4 N–H and O–H groups in total. The van der Waals surface area contributed by atoms with Crippen molar-refractivity contribution in [3.63, 3.8) is 0 Å². The lowest BCUT2D eigenvalue weighted by molar-refractivity contribution is -0.124. The number of hydrogen-bond donors (Lipinski definition) is 4. The fourth-order valence-electron chi connectivity index (χ4n) is 4.23. The number of hydrogen-bond acceptors (Lipinski definition) is 14. The van der Waals surface area contributed by atoms with Crippen molar-refractivity contribution in [1.82, 2.24) is 0 Å². The molecule has 0 aliphatic heterocycles. The minimum Gasteiger partial charge on any atom is -0.287 e. The molecule has 42 heavy (non-hydrogen) atoms. The maximum atomic E-state index is 13.1. The van der Waals surface area contributed by atoms with E-state index in [1.54, 1.807) is 48.5 Å². The van der Waals surface area contributed by atoms with Crippen LogP contribution in [0.1, 0.15) is 0 Å². The van der Waals surface area contributed by atoms with Crippen LogP contribution in [0.25, 0.3) is 21.5 Å². The second-order valence-electron chi connectivity index (χ2n) is 8.58. The van der Waals surface area contributed by atoms with Gasteiger partial charge in [-0.2, -0.15) is 10.2 Å². The zero-order chi connectivity index (χ0) is 30.1. The number of nitrogens with zero attached hydrogens (tertiary/aromatic N) is 2. The van der Waals surface area contributed by atoms with Crippen LogP contribution in [0, 0.1) is 0 Å². The highest BCUT2D eigenvalue weighted by Gasteiger charge is 2.17. The Hall–Kier alpha value is -4.00. The number of fused-ring (bicyclic) bond motifs is 2. The van der Waals surface area contributed by atoms with E-state index in [1.807, 2.05) is 0 Å². The number of benzene rings is 5. The SMILES string of the molecule is O=c1ccc(=NNc2ccc(S(=O)(=S)OO)c3ccccc23)c(=O)c1=NNc1ccc(S(=O)(=S)OO)c2ccccc12. The van der Waals surface area contributed by atoms with Crippen molar-refractivity contribution >= 4 is 72.8 Å². The maximum absolute atomic E-state index is 13.1. The third-order valence-corrected chi connectivity index (χ3v) is 9.79. The van der Waals surface area contributed by atoms with Crippen LogP contribution in [-0.2, 0) is 48.6 Å². The van der Waals surface area contributed by atoms with Gasteiger partial charge in [0.1, 0.15) is 5.36 Å². The average Bonchev–Trinajstić information content (AvgIpc) is 3.00. The molecule has 0 aromatic heterocycles.